The first-order valence-corrected chi connectivity index (χ1v) is 16.0. The number of nitrogens with one attached hydrogen (secondary N) is 3. The van der Waals surface area contributed by atoms with E-state index in [0.717, 1.165) is 34.2 Å². The summed E-state index contributed by atoms with van der Waals surface area (Å²) in [7, 11) is -3.65. The van der Waals surface area contributed by atoms with E-state index in [1.165, 1.54) is 6.07 Å². The molecule has 7 aromatic rings. The minimum absolute atomic E-state index is 0.139. The van der Waals surface area contributed by atoms with Crippen LogP contribution in [0.25, 0.3) is 55.6 Å². The van der Waals surface area contributed by atoms with E-state index < -0.39 is 21.0 Å². The van der Waals surface area contributed by atoms with Gasteiger partial charge in [0.25, 0.3) is 5.91 Å². The lowest BCUT2D eigenvalue weighted by atomic mass is 10.0. The summed E-state index contributed by atoms with van der Waals surface area (Å²) in [6.45, 7) is 0. The zero-order valence-corrected chi connectivity index (χ0v) is 25.0. The van der Waals surface area contributed by atoms with Crippen LogP contribution in [0.15, 0.2) is 97.7 Å². The lowest BCUT2D eigenvalue weighted by molar-refractivity contribution is 0.102. The van der Waals surface area contributed by atoms with Gasteiger partial charge in [-0.2, -0.15) is 5.10 Å². The zero-order valence-electron chi connectivity index (χ0n) is 24.2. The highest BCUT2D eigenvalue weighted by Gasteiger charge is 2.21. The topological polar surface area (TPSA) is 172 Å². The average Bonchev–Trinajstić information content (AvgIpc) is 3.68. The largest absolute Gasteiger partial charge is 0.352 e. The fraction of sp³-hybridized carbons (Fsp3) is 0.0606. The highest BCUT2D eigenvalue weighted by molar-refractivity contribution is 7.90. The zero-order chi connectivity index (χ0) is 32.0. The van der Waals surface area contributed by atoms with Crippen LogP contribution in [0.5, 0.6) is 0 Å². The van der Waals surface area contributed by atoms with Gasteiger partial charge in [-0.3, -0.25) is 19.9 Å². The Morgan fingerprint density at radius 1 is 0.891 bits per heavy atom. The van der Waals surface area contributed by atoms with Gasteiger partial charge in [-0.25, -0.2) is 17.8 Å². The van der Waals surface area contributed by atoms with Crippen molar-refractivity contribution in [1.29, 1.82) is 0 Å². The fourth-order valence-electron chi connectivity index (χ4n) is 5.31. The Morgan fingerprint density at radius 2 is 1.67 bits per heavy atom. The van der Waals surface area contributed by atoms with Gasteiger partial charge >= 0.3 is 0 Å². The number of H-pyrrole nitrogens is 2. The number of benzene rings is 2. The minimum Gasteiger partial charge on any atom is -0.352 e. The maximum Gasteiger partial charge on any atom is 0.255 e. The quantitative estimate of drug-likeness (QED) is 0.175. The van der Waals surface area contributed by atoms with Crippen molar-refractivity contribution in [2.24, 2.45) is 5.73 Å². The molecule has 11 nitrogen and oxygen atoms in total. The predicted molar refractivity (Wildman–Crippen MR) is 174 cm³/mol. The van der Waals surface area contributed by atoms with Crippen molar-refractivity contribution in [3.05, 3.63) is 115 Å². The average molecular weight is 633 g/mol. The Labute approximate surface area is 261 Å². The Bertz CT molecular complexity index is 2390. The number of sulfone groups is 1. The van der Waals surface area contributed by atoms with Gasteiger partial charge in [0, 0.05) is 57.9 Å². The third-order valence-electron chi connectivity index (χ3n) is 7.60. The molecule has 0 saturated carbocycles. The molecule has 5 aromatic heterocycles. The van der Waals surface area contributed by atoms with E-state index in [-0.39, 0.29) is 11.5 Å². The Morgan fingerprint density at radius 3 is 2.48 bits per heavy atom. The van der Waals surface area contributed by atoms with Crippen LogP contribution in [-0.2, 0) is 9.84 Å². The van der Waals surface area contributed by atoms with E-state index in [9.17, 15) is 17.6 Å². The number of hydrogen-bond donors (Lipinski definition) is 4. The van der Waals surface area contributed by atoms with E-state index in [0.29, 0.717) is 44.9 Å². The molecule has 46 heavy (non-hydrogen) atoms. The van der Waals surface area contributed by atoms with Gasteiger partial charge in [0.05, 0.1) is 29.3 Å². The van der Waals surface area contributed by atoms with Crippen LogP contribution in [0.3, 0.4) is 0 Å². The molecule has 7 rings (SSSR count). The number of rotatable bonds is 7. The molecule has 1 atom stereocenters. The molecular formula is C33H25FN8O3S. The molecule has 0 spiro atoms. The molecule has 0 aliphatic rings. The smallest absolute Gasteiger partial charge is 0.255 e. The van der Waals surface area contributed by atoms with Gasteiger partial charge in [-0.15, -0.1) is 0 Å². The molecule has 0 aliphatic carbocycles. The molecular weight excluding hydrogens is 607 g/mol. The molecule has 228 valence electrons. The molecule has 2 aromatic carbocycles. The maximum absolute atomic E-state index is 14.7. The number of halogens is 1. The van der Waals surface area contributed by atoms with Gasteiger partial charge in [0.2, 0.25) is 0 Å². The summed E-state index contributed by atoms with van der Waals surface area (Å²) in [4.78, 5) is 29.2. The van der Waals surface area contributed by atoms with Crippen molar-refractivity contribution in [2.75, 3.05) is 11.6 Å². The number of aromatic nitrogens is 6. The van der Waals surface area contributed by atoms with E-state index in [4.69, 9.17) is 5.73 Å². The third-order valence-corrected chi connectivity index (χ3v) is 8.80. The van der Waals surface area contributed by atoms with Crippen LogP contribution < -0.4 is 11.1 Å². The van der Waals surface area contributed by atoms with Gasteiger partial charge < -0.3 is 16.0 Å². The molecule has 5 heterocycles. The third kappa shape index (κ3) is 5.49. The van der Waals surface area contributed by atoms with Gasteiger partial charge in [-0.1, -0.05) is 18.2 Å². The van der Waals surface area contributed by atoms with Crippen molar-refractivity contribution < 1.29 is 17.6 Å². The van der Waals surface area contributed by atoms with Crippen molar-refractivity contribution in [3.8, 4) is 33.6 Å². The van der Waals surface area contributed by atoms with Gasteiger partial charge in [0.15, 0.2) is 15.5 Å². The van der Waals surface area contributed by atoms with Crippen molar-refractivity contribution in [3.63, 3.8) is 0 Å². The standard InChI is InChI=1S/C33H25FN8O3S/c1-46(44,45)31(35)20-7-19(8-23(34)9-20)27-16-37-17-29-25(27)12-28(40-29)30-26-11-22(14-38-32(26)42-41-30)21-10-24(15-36-13-21)39-33(43)18-5-3-2-4-6-18/h2-17,31,40H,35H2,1H3,(H,39,43)(H,38,41,42). The van der Waals surface area contributed by atoms with Crippen molar-refractivity contribution >= 4 is 43.4 Å². The second-order valence-electron chi connectivity index (χ2n) is 10.8. The molecule has 13 heteroatoms. The normalized spacial score (nSPS) is 12.4. The number of nitrogens with zero attached hydrogens (tertiary/aromatic N) is 4. The number of carbonyl (C=O) groups excluding carboxylic acids is 1. The first-order chi connectivity index (χ1) is 22.1. The molecule has 0 bridgehead atoms. The monoisotopic (exact) mass is 632 g/mol. The summed E-state index contributed by atoms with van der Waals surface area (Å²) >= 11 is 0. The first-order valence-electron chi connectivity index (χ1n) is 14.0. The van der Waals surface area contributed by atoms with Crippen molar-refractivity contribution in [2.45, 2.75) is 5.37 Å². The number of carbonyl (C=O) groups is 1. The lowest BCUT2D eigenvalue weighted by Gasteiger charge is -2.12. The van der Waals surface area contributed by atoms with Crippen LogP contribution in [0, 0.1) is 5.82 Å². The van der Waals surface area contributed by atoms with Crippen LogP contribution in [0.2, 0.25) is 0 Å². The van der Waals surface area contributed by atoms with E-state index in [1.54, 1.807) is 61.3 Å². The molecule has 0 aliphatic heterocycles. The first kappa shape index (κ1) is 29.0. The summed E-state index contributed by atoms with van der Waals surface area (Å²) in [5.74, 6) is -0.861. The summed E-state index contributed by atoms with van der Waals surface area (Å²) in [5.41, 5.74) is 12.1. The van der Waals surface area contributed by atoms with E-state index >= 15 is 0 Å². The SMILES string of the molecule is CS(=O)(=O)C(N)c1cc(F)cc(-c2cncc3[nH]c(-c4n[nH]c5ncc(-c6cncc(NC(=O)c7ccccc7)c6)cc45)cc23)c1. The molecule has 0 saturated heterocycles. The Kier molecular flexibility index (Phi) is 7.11. The number of nitrogens with two attached hydrogens (primary N) is 1. The second kappa shape index (κ2) is 11.3. The predicted octanol–water partition coefficient (Wildman–Crippen LogP) is 5.62. The number of fused-ring (bicyclic) bond motifs is 2. The number of aromatic amines is 2. The molecule has 0 radical (unpaired) electrons. The van der Waals surface area contributed by atoms with Gasteiger partial charge in [0.1, 0.15) is 16.9 Å². The molecule has 1 amide bonds. The molecule has 5 N–H and O–H groups in total. The van der Waals surface area contributed by atoms with Crippen LogP contribution in [-0.4, -0.2) is 50.7 Å². The minimum atomic E-state index is -3.65. The Balaban J connectivity index is 1.25. The maximum atomic E-state index is 14.7. The number of amides is 1. The van der Waals surface area contributed by atoms with Gasteiger partial charge in [-0.05, 0) is 59.7 Å². The number of pyridine rings is 3. The lowest BCUT2D eigenvalue weighted by Crippen LogP contribution is -2.20. The summed E-state index contributed by atoms with van der Waals surface area (Å²) in [6, 6.07) is 18.5. The second-order valence-corrected chi connectivity index (χ2v) is 13.0. The van der Waals surface area contributed by atoms with E-state index in [2.05, 4.69) is 35.5 Å². The van der Waals surface area contributed by atoms with Crippen LogP contribution >= 0.6 is 0 Å². The number of anilines is 1. The summed E-state index contributed by atoms with van der Waals surface area (Å²) < 4.78 is 38.8. The number of hydrogen-bond acceptors (Lipinski definition) is 8. The molecule has 1 unspecified atom stereocenters. The van der Waals surface area contributed by atoms with Crippen molar-refractivity contribution in [1.82, 2.24) is 30.1 Å². The van der Waals surface area contributed by atoms with E-state index in [1.807, 2.05) is 24.3 Å². The molecule has 0 fully saturated rings. The summed E-state index contributed by atoms with van der Waals surface area (Å²) in [5, 5.41) is 10.4. The van der Waals surface area contributed by atoms with Crippen LogP contribution in [0.4, 0.5) is 10.1 Å². The Hall–Kier alpha value is -5.79. The highest BCUT2D eigenvalue weighted by Crippen LogP contribution is 2.35. The fourth-order valence-corrected chi connectivity index (χ4v) is 5.94. The van der Waals surface area contributed by atoms with Crippen LogP contribution in [0.1, 0.15) is 21.3 Å². The highest BCUT2D eigenvalue weighted by atomic mass is 32.2. The summed E-state index contributed by atoms with van der Waals surface area (Å²) in [6.07, 6.45) is 9.19.